The first-order valence-corrected chi connectivity index (χ1v) is 7.70. The van der Waals surface area contributed by atoms with Gasteiger partial charge in [0.2, 0.25) is 5.91 Å². The van der Waals surface area contributed by atoms with E-state index in [4.69, 9.17) is 11.6 Å². The summed E-state index contributed by atoms with van der Waals surface area (Å²) in [5.74, 6) is -1.23. The number of rotatable bonds is 3. The molecule has 0 radical (unpaired) electrons. The van der Waals surface area contributed by atoms with Crippen LogP contribution in [0.2, 0.25) is 5.02 Å². The lowest BCUT2D eigenvalue weighted by Gasteiger charge is -2.23. The Balaban J connectivity index is 1.94. The van der Waals surface area contributed by atoms with Gasteiger partial charge in [-0.1, -0.05) is 11.6 Å². The molecule has 0 aliphatic rings. The van der Waals surface area contributed by atoms with Crippen LogP contribution in [0.3, 0.4) is 0 Å². The lowest BCUT2D eigenvalue weighted by atomic mass is 9.83. The molecule has 0 saturated carbocycles. The molecule has 1 amide bonds. The number of aromatic amines is 1. The highest BCUT2D eigenvalue weighted by molar-refractivity contribution is 6.31. The summed E-state index contributed by atoms with van der Waals surface area (Å²) in [5, 5.41) is 3.30. The van der Waals surface area contributed by atoms with Gasteiger partial charge in [0.25, 0.3) is 0 Å². The molecule has 0 atom stereocenters. The summed E-state index contributed by atoms with van der Waals surface area (Å²) in [6.07, 6.45) is 1.70. The van der Waals surface area contributed by atoms with Crippen LogP contribution in [-0.2, 0) is 10.2 Å². The Morgan fingerprint density at radius 1 is 1.17 bits per heavy atom. The van der Waals surface area contributed by atoms with Crippen molar-refractivity contribution in [3.05, 3.63) is 64.8 Å². The molecule has 3 aromatic rings. The Morgan fingerprint density at radius 2 is 1.92 bits per heavy atom. The molecular weight excluding hydrogens is 334 g/mol. The SMILES string of the molecule is CC(C)(C(=O)Nc1ccc(F)c(Cl)c1)c1c[nH]c2ccc(F)cc12. The van der Waals surface area contributed by atoms with Gasteiger partial charge >= 0.3 is 0 Å². The molecule has 2 aromatic carbocycles. The van der Waals surface area contributed by atoms with Crippen molar-refractivity contribution in [2.75, 3.05) is 5.32 Å². The Bertz CT molecular complexity index is 934. The molecule has 0 aliphatic heterocycles. The summed E-state index contributed by atoms with van der Waals surface area (Å²) in [6.45, 7) is 3.47. The van der Waals surface area contributed by atoms with Crippen molar-refractivity contribution in [3.63, 3.8) is 0 Å². The maximum atomic E-state index is 13.5. The largest absolute Gasteiger partial charge is 0.361 e. The number of aromatic nitrogens is 1. The number of benzene rings is 2. The van der Waals surface area contributed by atoms with Crippen LogP contribution in [0.25, 0.3) is 10.9 Å². The summed E-state index contributed by atoms with van der Waals surface area (Å²) in [7, 11) is 0. The Hall–Kier alpha value is -2.40. The van der Waals surface area contributed by atoms with Gasteiger partial charge in [0.05, 0.1) is 10.4 Å². The molecule has 3 rings (SSSR count). The van der Waals surface area contributed by atoms with E-state index in [1.54, 1.807) is 26.1 Å². The van der Waals surface area contributed by atoms with E-state index in [1.807, 2.05) is 0 Å². The highest BCUT2D eigenvalue weighted by Gasteiger charge is 2.32. The molecule has 1 heterocycles. The van der Waals surface area contributed by atoms with Gasteiger partial charge in [0.1, 0.15) is 11.6 Å². The van der Waals surface area contributed by atoms with Crippen LogP contribution in [0.4, 0.5) is 14.5 Å². The van der Waals surface area contributed by atoms with Crippen molar-refractivity contribution in [2.24, 2.45) is 0 Å². The van der Waals surface area contributed by atoms with E-state index in [0.717, 1.165) is 5.52 Å². The molecule has 0 spiro atoms. The third-order valence-corrected chi connectivity index (χ3v) is 4.35. The van der Waals surface area contributed by atoms with E-state index < -0.39 is 11.2 Å². The fourth-order valence-corrected chi connectivity index (χ4v) is 2.77. The molecular formula is C18H15ClF2N2O. The third kappa shape index (κ3) is 2.87. The molecule has 124 valence electrons. The summed E-state index contributed by atoms with van der Waals surface area (Å²) in [6, 6.07) is 8.35. The average molecular weight is 349 g/mol. The zero-order valence-corrected chi connectivity index (χ0v) is 13.8. The van der Waals surface area contributed by atoms with E-state index in [0.29, 0.717) is 16.6 Å². The molecule has 0 saturated heterocycles. The number of hydrogen-bond donors (Lipinski definition) is 2. The van der Waals surface area contributed by atoms with Crippen molar-refractivity contribution in [2.45, 2.75) is 19.3 Å². The molecule has 24 heavy (non-hydrogen) atoms. The number of carbonyl (C=O) groups excluding carboxylic acids is 1. The summed E-state index contributed by atoms with van der Waals surface area (Å²) < 4.78 is 26.8. The normalized spacial score (nSPS) is 11.7. The van der Waals surface area contributed by atoms with Gasteiger partial charge in [0.15, 0.2) is 0 Å². The molecule has 0 aliphatic carbocycles. The summed E-state index contributed by atoms with van der Waals surface area (Å²) >= 11 is 5.73. The highest BCUT2D eigenvalue weighted by Crippen LogP contribution is 2.32. The van der Waals surface area contributed by atoms with Crippen molar-refractivity contribution in [3.8, 4) is 0 Å². The Kier molecular flexibility index (Phi) is 4.05. The fourth-order valence-electron chi connectivity index (χ4n) is 2.59. The van der Waals surface area contributed by atoms with Crippen molar-refractivity contribution < 1.29 is 13.6 Å². The third-order valence-electron chi connectivity index (χ3n) is 4.06. The van der Waals surface area contributed by atoms with Crippen LogP contribution in [0, 0.1) is 11.6 Å². The lowest BCUT2D eigenvalue weighted by Crippen LogP contribution is -2.34. The smallest absolute Gasteiger partial charge is 0.234 e. The quantitative estimate of drug-likeness (QED) is 0.686. The number of hydrogen-bond acceptors (Lipinski definition) is 1. The van der Waals surface area contributed by atoms with Crippen molar-refractivity contribution in [1.82, 2.24) is 4.98 Å². The molecule has 2 N–H and O–H groups in total. The zero-order chi connectivity index (χ0) is 17.5. The van der Waals surface area contributed by atoms with Gasteiger partial charge in [-0.05, 0) is 55.8 Å². The van der Waals surface area contributed by atoms with Crippen LogP contribution < -0.4 is 5.32 Å². The van der Waals surface area contributed by atoms with Crippen LogP contribution in [0.15, 0.2) is 42.6 Å². The summed E-state index contributed by atoms with van der Waals surface area (Å²) in [5.41, 5.74) is 0.873. The van der Waals surface area contributed by atoms with Gasteiger partial charge in [-0.15, -0.1) is 0 Å². The van der Waals surface area contributed by atoms with Crippen LogP contribution in [0.5, 0.6) is 0 Å². The minimum atomic E-state index is -0.938. The van der Waals surface area contributed by atoms with E-state index in [-0.39, 0.29) is 16.7 Å². The molecule has 0 unspecified atom stereocenters. The maximum Gasteiger partial charge on any atom is 0.234 e. The number of nitrogens with one attached hydrogen (secondary N) is 2. The van der Waals surface area contributed by atoms with Gasteiger partial charge in [-0.3, -0.25) is 4.79 Å². The van der Waals surface area contributed by atoms with Crippen LogP contribution >= 0.6 is 11.6 Å². The number of fused-ring (bicyclic) bond motifs is 1. The molecule has 6 heteroatoms. The van der Waals surface area contributed by atoms with E-state index in [1.165, 1.54) is 30.3 Å². The second kappa shape index (κ2) is 5.91. The van der Waals surface area contributed by atoms with Crippen LogP contribution in [0.1, 0.15) is 19.4 Å². The van der Waals surface area contributed by atoms with Crippen molar-refractivity contribution in [1.29, 1.82) is 0 Å². The number of amides is 1. The van der Waals surface area contributed by atoms with Gasteiger partial charge in [-0.25, -0.2) is 8.78 Å². The van der Waals surface area contributed by atoms with E-state index in [9.17, 15) is 13.6 Å². The second-order valence-corrected chi connectivity index (χ2v) is 6.51. The molecule has 0 fully saturated rings. The Morgan fingerprint density at radius 3 is 2.62 bits per heavy atom. The van der Waals surface area contributed by atoms with Gasteiger partial charge in [-0.2, -0.15) is 0 Å². The topological polar surface area (TPSA) is 44.9 Å². The van der Waals surface area contributed by atoms with Gasteiger partial charge in [0, 0.05) is 22.8 Å². The number of carbonyl (C=O) groups is 1. The molecule has 1 aromatic heterocycles. The zero-order valence-electron chi connectivity index (χ0n) is 13.1. The minimum absolute atomic E-state index is 0.0697. The number of anilines is 1. The van der Waals surface area contributed by atoms with Crippen molar-refractivity contribution >= 4 is 34.1 Å². The van der Waals surface area contributed by atoms with Crippen LogP contribution in [-0.4, -0.2) is 10.9 Å². The van der Waals surface area contributed by atoms with Gasteiger partial charge < -0.3 is 10.3 Å². The lowest BCUT2D eigenvalue weighted by molar-refractivity contribution is -0.120. The first-order valence-electron chi connectivity index (χ1n) is 7.32. The Labute approximate surface area is 142 Å². The highest BCUT2D eigenvalue weighted by atomic mass is 35.5. The molecule has 3 nitrogen and oxygen atoms in total. The van der Waals surface area contributed by atoms with E-state index in [2.05, 4.69) is 10.3 Å². The number of H-pyrrole nitrogens is 1. The maximum absolute atomic E-state index is 13.5. The minimum Gasteiger partial charge on any atom is -0.361 e. The standard InChI is InChI=1S/C18H15ClF2N2O/c1-18(2,13-9-22-16-6-3-10(20)7-12(13)16)17(24)23-11-4-5-15(21)14(19)8-11/h3-9,22H,1-2H3,(H,23,24). The first-order chi connectivity index (χ1) is 11.3. The fraction of sp³-hybridized carbons (Fsp3) is 0.167. The predicted molar refractivity (Wildman–Crippen MR) is 91.3 cm³/mol. The molecule has 0 bridgehead atoms. The average Bonchev–Trinajstić information content (AvgIpc) is 2.94. The monoisotopic (exact) mass is 348 g/mol. The summed E-state index contributed by atoms with van der Waals surface area (Å²) in [4.78, 5) is 15.7. The predicted octanol–water partition coefficient (Wildman–Crippen LogP) is 5.02. The first kappa shape index (κ1) is 16.5. The van der Waals surface area contributed by atoms with E-state index >= 15 is 0 Å². The second-order valence-electron chi connectivity index (χ2n) is 6.10. The number of halogens is 3.